The molecule has 1 N–H and O–H groups in total. The third kappa shape index (κ3) is 6.16. The molecule has 0 saturated heterocycles. The Hall–Kier alpha value is -0.900. The SMILES string of the molecule is CCCCCCC(=O)OCCC(F)(F)C(F)(F)S(=O)(=O)O. The van der Waals surface area contributed by atoms with Crippen molar-refractivity contribution in [2.75, 3.05) is 6.61 Å². The summed E-state index contributed by atoms with van der Waals surface area (Å²) in [7, 11) is -6.26. The monoisotopic (exact) mass is 338 g/mol. The third-order valence-electron chi connectivity index (χ3n) is 2.66. The number of ether oxygens (including phenoxy) is 1. The molecule has 0 spiro atoms. The molecule has 0 rings (SSSR count). The fraction of sp³-hybridized carbons (Fsp3) is 0.909. The lowest BCUT2D eigenvalue weighted by atomic mass is 10.1. The molecule has 0 unspecified atom stereocenters. The second kappa shape index (κ2) is 7.92. The van der Waals surface area contributed by atoms with Crippen LogP contribution in [0.4, 0.5) is 17.6 Å². The summed E-state index contributed by atoms with van der Waals surface area (Å²) in [5.41, 5.74) is 0. The summed E-state index contributed by atoms with van der Waals surface area (Å²) in [4.78, 5) is 11.1. The zero-order chi connectivity index (χ0) is 16.7. The van der Waals surface area contributed by atoms with Crippen LogP contribution in [-0.4, -0.2) is 36.7 Å². The molecule has 0 aromatic carbocycles. The number of alkyl halides is 4. The number of carbonyl (C=O) groups is 1. The molecule has 0 aliphatic rings. The number of rotatable bonds is 10. The van der Waals surface area contributed by atoms with Gasteiger partial charge in [0.1, 0.15) is 0 Å². The molecule has 0 aromatic rings. The van der Waals surface area contributed by atoms with E-state index in [-0.39, 0.29) is 6.42 Å². The van der Waals surface area contributed by atoms with Gasteiger partial charge < -0.3 is 4.74 Å². The van der Waals surface area contributed by atoms with Crippen LogP contribution in [0, 0.1) is 0 Å². The molecule has 0 atom stereocenters. The normalized spacial score (nSPS) is 13.2. The molecular formula is C11H18F4O5S. The van der Waals surface area contributed by atoms with Crippen LogP contribution < -0.4 is 0 Å². The molecule has 0 radical (unpaired) electrons. The molecule has 0 heterocycles. The minimum atomic E-state index is -6.26. The van der Waals surface area contributed by atoms with Gasteiger partial charge >= 0.3 is 27.3 Å². The summed E-state index contributed by atoms with van der Waals surface area (Å²) < 4.78 is 84.5. The Balaban J connectivity index is 4.25. The summed E-state index contributed by atoms with van der Waals surface area (Å²) in [6.45, 7) is 0.889. The lowest BCUT2D eigenvalue weighted by molar-refractivity contribution is -0.174. The number of carbonyl (C=O) groups excluding carboxylic acids is 1. The van der Waals surface area contributed by atoms with Gasteiger partial charge in [-0.2, -0.15) is 26.0 Å². The van der Waals surface area contributed by atoms with Crippen LogP contribution in [0.3, 0.4) is 0 Å². The average molecular weight is 338 g/mol. The van der Waals surface area contributed by atoms with Crippen molar-refractivity contribution in [3.8, 4) is 0 Å². The van der Waals surface area contributed by atoms with Crippen molar-refractivity contribution in [1.29, 1.82) is 0 Å². The van der Waals surface area contributed by atoms with E-state index in [1.807, 2.05) is 6.92 Å². The summed E-state index contributed by atoms with van der Waals surface area (Å²) in [5.74, 6) is -5.86. The molecule has 21 heavy (non-hydrogen) atoms. The largest absolute Gasteiger partial charge is 0.465 e. The molecule has 5 nitrogen and oxygen atoms in total. The molecule has 0 amide bonds. The van der Waals surface area contributed by atoms with Gasteiger partial charge in [0.2, 0.25) is 0 Å². The van der Waals surface area contributed by atoms with Crippen LogP contribution in [0.15, 0.2) is 0 Å². The number of halogens is 4. The van der Waals surface area contributed by atoms with Crippen LogP contribution in [0.25, 0.3) is 0 Å². The maximum absolute atomic E-state index is 13.0. The Bertz CT molecular complexity index is 436. The topological polar surface area (TPSA) is 80.7 Å². The van der Waals surface area contributed by atoms with E-state index >= 15 is 0 Å². The van der Waals surface area contributed by atoms with Gasteiger partial charge in [0, 0.05) is 6.42 Å². The fourth-order valence-electron chi connectivity index (χ4n) is 1.40. The van der Waals surface area contributed by atoms with Gasteiger partial charge in [-0.15, -0.1) is 0 Å². The van der Waals surface area contributed by atoms with E-state index in [2.05, 4.69) is 4.74 Å². The highest BCUT2D eigenvalue weighted by molar-refractivity contribution is 7.87. The van der Waals surface area contributed by atoms with Gasteiger partial charge in [-0.1, -0.05) is 26.2 Å². The quantitative estimate of drug-likeness (QED) is 0.287. The Labute approximate surface area is 120 Å². The van der Waals surface area contributed by atoms with Crippen molar-refractivity contribution in [2.24, 2.45) is 0 Å². The minimum absolute atomic E-state index is 0.0275. The van der Waals surface area contributed by atoms with Crippen LogP contribution in [-0.2, 0) is 19.6 Å². The molecule has 0 aliphatic heterocycles. The van der Waals surface area contributed by atoms with Crippen molar-refractivity contribution in [2.45, 2.75) is 56.6 Å². The third-order valence-corrected chi connectivity index (χ3v) is 3.61. The summed E-state index contributed by atoms with van der Waals surface area (Å²) in [5, 5.41) is -5.63. The van der Waals surface area contributed by atoms with Crippen LogP contribution in [0.1, 0.15) is 45.4 Å². The van der Waals surface area contributed by atoms with E-state index in [1.54, 1.807) is 0 Å². The first-order chi connectivity index (χ1) is 9.45. The smallest absolute Gasteiger partial charge is 0.431 e. The van der Waals surface area contributed by atoms with E-state index < -0.39 is 40.3 Å². The maximum Gasteiger partial charge on any atom is 0.431 e. The van der Waals surface area contributed by atoms with Crippen LogP contribution in [0.2, 0.25) is 0 Å². The van der Waals surface area contributed by atoms with Gasteiger partial charge in [-0.25, -0.2) is 0 Å². The zero-order valence-corrected chi connectivity index (χ0v) is 12.3. The summed E-state index contributed by atoms with van der Waals surface area (Å²) >= 11 is 0. The zero-order valence-electron chi connectivity index (χ0n) is 11.5. The Morgan fingerprint density at radius 3 is 2.19 bits per heavy atom. The van der Waals surface area contributed by atoms with Crippen molar-refractivity contribution < 1.29 is 40.1 Å². The Morgan fingerprint density at radius 2 is 1.71 bits per heavy atom. The van der Waals surface area contributed by atoms with E-state index in [1.165, 1.54) is 0 Å². The highest BCUT2D eigenvalue weighted by atomic mass is 32.2. The number of unbranched alkanes of at least 4 members (excludes halogenated alkanes) is 3. The number of hydrogen-bond acceptors (Lipinski definition) is 4. The van der Waals surface area contributed by atoms with Gasteiger partial charge in [-0.3, -0.25) is 9.35 Å². The highest BCUT2D eigenvalue weighted by Gasteiger charge is 2.65. The second-order valence-electron chi connectivity index (χ2n) is 4.48. The van der Waals surface area contributed by atoms with Gasteiger partial charge in [0.15, 0.2) is 0 Å². The average Bonchev–Trinajstić information content (AvgIpc) is 2.33. The first-order valence-corrected chi connectivity index (χ1v) is 7.78. The van der Waals surface area contributed by atoms with Gasteiger partial charge in [0.25, 0.3) is 0 Å². The second-order valence-corrected chi connectivity index (χ2v) is 5.94. The maximum atomic E-state index is 13.0. The first-order valence-electron chi connectivity index (χ1n) is 6.34. The van der Waals surface area contributed by atoms with E-state index in [0.29, 0.717) is 6.42 Å². The van der Waals surface area contributed by atoms with Gasteiger partial charge in [-0.05, 0) is 6.42 Å². The molecule has 0 fully saturated rings. The van der Waals surface area contributed by atoms with Crippen LogP contribution >= 0.6 is 0 Å². The molecule has 0 bridgehead atoms. The summed E-state index contributed by atoms with van der Waals surface area (Å²) in [6, 6.07) is 0. The molecule has 0 aliphatic carbocycles. The first kappa shape index (κ1) is 20.1. The summed E-state index contributed by atoms with van der Waals surface area (Å²) in [6.07, 6.45) is 1.34. The van der Waals surface area contributed by atoms with Crippen molar-refractivity contribution >= 4 is 16.1 Å². The van der Waals surface area contributed by atoms with Gasteiger partial charge in [0.05, 0.1) is 13.0 Å². The molecular weight excluding hydrogens is 320 g/mol. The fourth-order valence-corrected chi connectivity index (χ4v) is 1.88. The lowest BCUT2D eigenvalue weighted by Gasteiger charge is -2.23. The van der Waals surface area contributed by atoms with Crippen molar-refractivity contribution in [3.05, 3.63) is 0 Å². The van der Waals surface area contributed by atoms with E-state index in [4.69, 9.17) is 4.55 Å². The van der Waals surface area contributed by atoms with E-state index in [9.17, 15) is 30.8 Å². The molecule has 10 heteroatoms. The Kier molecular flexibility index (Phi) is 7.58. The Morgan fingerprint density at radius 1 is 1.14 bits per heavy atom. The number of hydrogen-bond donors (Lipinski definition) is 1. The van der Waals surface area contributed by atoms with E-state index in [0.717, 1.165) is 19.3 Å². The predicted octanol–water partition coefficient (Wildman–Crippen LogP) is 3.01. The number of esters is 1. The minimum Gasteiger partial charge on any atom is -0.465 e. The van der Waals surface area contributed by atoms with Crippen LogP contribution in [0.5, 0.6) is 0 Å². The molecule has 0 saturated carbocycles. The molecule has 0 aromatic heterocycles. The highest BCUT2D eigenvalue weighted by Crippen LogP contribution is 2.40. The molecule has 126 valence electrons. The lowest BCUT2D eigenvalue weighted by Crippen LogP contribution is -2.47. The van der Waals surface area contributed by atoms with Crippen molar-refractivity contribution in [1.82, 2.24) is 0 Å². The van der Waals surface area contributed by atoms with Crippen molar-refractivity contribution in [3.63, 3.8) is 0 Å². The predicted molar refractivity (Wildman–Crippen MR) is 65.8 cm³/mol. The standard InChI is InChI=1S/C11H18F4O5S/c1-2-3-4-5-6-9(16)20-8-7-10(12,13)11(14,15)21(17,18)19/h2-8H2,1H3,(H,17,18,19).